The van der Waals surface area contributed by atoms with Crippen LogP contribution in [0.5, 0.6) is 0 Å². The fourth-order valence-electron chi connectivity index (χ4n) is 1.93. The highest BCUT2D eigenvalue weighted by atomic mass is 32.1. The van der Waals surface area contributed by atoms with Gasteiger partial charge in [-0.3, -0.25) is 9.97 Å². The van der Waals surface area contributed by atoms with Crippen molar-refractivity contribution in [2.45, 2.75) is 6.92 Å². The Kier molecular flexibility index (Phi) is 2.64. The topological polar surface area (TPSA) is 41.6 Å². The molecule has 1 aromatic carbocycles. The highest BCUT2D eigenvalue weighted by Crippen LogP contribution is 2.22. The predicted molar refractivity (Wildman–Crippen MR) is 74.9 cm³/mol. The van der Waals surface area contributed by atoms with Crippen molar-refractivity contribution in [1.29, 1.82) is 0 Å². The van der Waals surface area contributed by atoms with Gasteiger partial charge >= 0.3 is 0 Å². The van der Waals surface area contributed by atoms with E-state index in [1.165, 1.54) is 0 Å². The Balaban J connectivity index is 2.23. The molecule has 2 heterocycles. The van der Waals surface area contributed by atoms with Crippen LogP contribution in [0, 0.1) is 11.6 Å². The van der Waals surface area contributed by atoms with E-state index in [0.29, 0.717) is 4.64 Å². The van der Waals surface area contributed by atoms with Crippen LogP contribution in [0.25, 0.3) is 22.2 Å². The number of hydrogen-bond donors (Lipinski definition) is 1. The maximum absolute atomic E-state index is 5.24. The van der Waals surface area contributed by atoms with Gasteiger partial charge in [0.25, 0.3) is 0 Å². The third kappa shape index (κ3) is 1.91. The monoisotopic (exact) mass is 253 g/mol. The SMILES string of the molecule is Cc1ccc2cc(-c3ncc[nH]c3=S)ccc2n1. The van der Waals surface area contributed by atoms with Crippen molar-refractivity contribution in [3.63, 3.8) is 0 Å². The van der Waals surface area contributed by atoms with Crippen LogP contribution in [0.2, 0.25) is 0 Å². The minimum atomic E-state index is 0.650. The fourth-order valence-corrected chi connectivity index (χ4v) is 2.17. The molecular formula is C14H11N3S. The number of fused-ring (bicyclic) bond motifs is 1. The van der Waals surface area contributed by atoms with Crippen LogP contribution in [-0.2, 0) is 0 Å². The van der Waals surface area contributed by atoms with E-state index in [2.05, 4.69) is 27.1 Å². The molecule has 3 rings (SSSR count). The summed E-state index contributed by atoms with van der Waals surface area (Å²) in [7, 11) is 0. The Labute approximate surface area is 110 Å². The van der Waals surface area contributed by atoms with Gasteiger partial charge in [0.1, 0.15) is 10.3 Å². The number of H-pyrrole nitrogens is 1. The molecule has 3 aromatic rings. The van der Waals surface area contributed by atoms with E-state index in [0.717, 1.165) is 27.9 Å². The zero-order chi connectivity index (χ0) is 12.5. The molecule has 0 aliphatic heterocycles. The molecule has 18 heavy (non-hydrogen) atoms. The first-order valence-electron chi connectivity index (χ1n) is 5.65. The number of nitrogens with zero attached hydrogens (tertiary/aromatic N) is 2. The molecule has 0 saturated heterocycles. The third-order valence-corrected chi connectivity index (χ3v) is 3.12. The second kappa shape index (κ2) is 4.31. The highest BCUT2D eigenvalue weighted by Gasteiger charge is 2.03. The molecule has 0 bridgehead atoms. The highest BCUT2D eigenvalue weighted by molar-refractivity contribution is 7.71. The molecule has 0 atom stereocenters. The van der Waals surface area contributed by atoms with Gasteiger partial charge in [0.2, 0.25) is 0 Å². The van der Waals surface area contributed by atoms with Crippen molar-refractivity contribution in [3.05, 3.63) is 53.1 Å². The van der Waals surface area contributed by atoms with Crippen LogP contribution < -0.4 is 0 Å². The van der Waals surface area contributed by atoms with Crippen LogP contribution in [-0.4, -0.2) is 15.0 Å². The predicted octanol–water partition coefficient (Wildman–Crippen LogP) is 3.66. The molecule has 1 N–H and O–H groups in total. The summed E-state index contributed by atoms with van der Waals surface area (Å²) in [5.74, 6) is 0. The number of aryl methyl sites for hydroxylation is 1. The smallest absolute Gasteiger partial charge is 0.129 e. The average Bonchev–Trinajstić information content (AvgIpc) is 2.39. The molecule has 2 aromatic heterocycles. The summed E-state index contributed by atoms with van der Waals surface area (Å²) in [4.78, 5) is 11.8. The quantitative estimate of drug-likeness (QED) is 0.673. The summed E-state index contributed by atoms with van der Waals surface area (Å²) >= 11 is 5.24. The standard InChI is InChI=1S/C14H11N3S/c1-9-2-3-10-8-11(4-5-12(10)17-9)13-14(18)16-7-6-15-13/h2-8H,1H3,(H,16,18). The molecule has 0 radical (unpaired) electrons. The molecule has 3 nitrogen and oxygen atoms in total. The van der Waals surface area contributed by atoms with E-state index in [9.17, 15) is 0 Å². The van der Waals surface area contributed by atoms with Crippen molar-refractivity contribution in [2.75, 3.05) is 0 Å². The van der Waals surface area contributed by atoms with Crippen molar-refractivity contribution in [3.8, 4) is 11.3 Å². The molecule has 0 spiro atoms. The minimum absolute atomic E-state index is 0.650. The molecule has 4 heteroatoms. The minimum Gasteiger partial charge on any atom is -0.350 e. The Morgan fingerprint density at radius 2 is 2.06 bits per heavy atom. The van der Waals surface area contributed by atoms with Gasteiger partial charge < -0.3 is 4.98 Å². The van der Waals surface area contributed by atoms with Crippen LogP contribution in [0.15, 0.2) is 42.7 Å². The lowest BCUT2D eigenvalue weighted by molar-refractivity contribution is 1.18. The molecule has 0 saturated carbocycles. The Morgan fingerprint density at radius 1 is 1.17 bits per heavy atom. The Morgan fingerprint density at radius 3 is 2.89 bits per heavy atom. The van der Waals surface area contributed by atoms with Crippen LogP contribution in [0.1, 0.15) is 5.69 Å². The lowest BCUT2D eigenvalue weighted by atomic mass is 10.1. The summed E-state index contributed by atoms with van der Waals surface area (Å²) in [6, 6.07) is 10.1. The Hall–Kier alpha value is -2.07. The zero-order valence-corrected chi connectivity index (χ0v) is 10.7. The number of aromatic amines is 1. The van der Waals surface area contributed by atoms with Gasteiger partial charge in [-0.1, -0.05) is 24.4 Å². The Bertz CT molecular complexity index is 777. The number of benzene rings is 1. The van der Waals surface area contributed by atoms with E-state index in [-0.39, 0.29) is 0 Å². The summed E-state index contributed by atoms with van der Waals surface area (Å²) in [5, 5.41) is 1.10. The van der Waals surface area contributed by atoms with E-state index in [1.54, 1.807) is 12.4 Å². The zero-order valence-electron chi connectivity index (χ0n) is 9.84. The fraction of sp³-hybridized carbons (Fsp3) is 0.0714. The van der Waals surface area contributed by atoms with Gasteiger partial charge in [0.05, 0.1) is 5.52 Å². The third-order valence-electron chi connectivity index (χ3n) is 2.81. The molecular weight excluding hydrogens is 242 g/mol. The van der Waals surface area contributed by atoms with Crippen LogP contribution in [0.3, 0.4) is 0 Å². The number of pyridine rings is 1. The number of rotatable bonds is 1. The van der Waals surface area contributed by atoms with Gasteiger partial charge in [-0.25, -0.2) is 0 Å². The lowest BCUT2D eigenvalue weighted by Crippen LogP contribution is -1.88. The van der Waals surface area contributed by atoms with Crippen LogP contribution >= 0.6 is 12.2 Å². The first kappa shape index (κ1) is 11.0. The van der Waals surface area contributed by atoms with Crippen molar-refractivity contribution in [1.82, 2.24) is 15.0 Å². The second-order valence-electron chi connectivity index (χ2n) is 4.13. The molecule has 88 valence electrons. The summed E-state index contributed by atoms with van der Waals surface area (Å²) in [6.07, 6.45) is 3.44. The van der Waals surface area contributed by atoms with E-state index < -0.39 is 0 Å². The van der Waals surface area contributed by atoms with Crippen molar-refractivity contribution in [2.24, 2.45) is 0 Å². The van der Waals surface area contributed by atoms with Gasteiger partial charge in [-0.05, 0) is 25.1 Å². The number of hydrogen-bond acceptors (Lipinski definition) is 3. The summed E-state index contributed by atoms with van der Waals surface area (Å²) in [6.45, 7) is 1.99. The average molecular weight is 253 g/mol. The van der Waals surface area contributed by atoms with Crippen molar-refractivity contribution >= 4 is 23.1 Å². The van der Waals surface area contributed by atoms with E-state index in [1.807, 2.05) is 25.1 Å². The maximum atomic E-state index is 5.24. The van der Waals surface area contributed by atoms with Gasteiger partial charge in [0.15, 0.2) is 0 Å². The van der Waals surface area contributed by atoms with Gasteiger partial charge in [-0.15, -0.1) is 0 Å². The first-order valence-corrected chi connectivity index (χ1v) is 6.06. The maximum Gasteiger partial charge on any atom is 0.129 e. The normalized spacial score (nSPS) is 10.7. The number of nitrogens with one attached hydrogen (secondary N) is 1. The molecule has 0 amide bonds. The molecule has 0 fully saturated rings. The van der Waals surface area contributed by atoms with Gasteiger partial charge in [-0.2, -0.15) is 0 Å². The van der Waals surface area contributed by atoms with Crippen LogP contribution in [0.4, 0.5) is 0 Å². The molecule has 0 aliphatic carbocycles. The largest absolute Gasteiger partial charge is 0.350 e. The number of aromatic nitrogens is 3. The van der Waals surface area contributed by atoms with E-state index in [4.69, 9.17) is 12.2 Å². The summed E-state index contributed by atoms with van der Waals surface area (Å²) < 4.78 is 0.650. The molecule has 0 unspecified atom stereocenters. The lowest BCUT2D eigenvalue weighted by Gasteiger charge is -2.03. The van der Waals surface area contributed by atoms with Crippen molar-refractivity contribution < 1.29 is 0 Å². The van der Waals surface area contributed by atoms with E-state index >= 15 is 0 Å². The second-order valence-corrected chi connectivity index (χ2v) is 4.54. The molecule has 0 aliphatic rings. The van der Waals surface area contributed by atoms with Gasteiger partial charge in [0, 0.05) is 29.0 Å². The summed E-state index contributed by atoms with van der Waals surface area (Å²) in [5.41, 5.74) is 3.82. The first-order chi connectivity index (χ1) is 8.74.